The quantitative estimate of drug-likeness (QED) is 0.396. The molecule has 0 saturated carbocycles. The Morgan fingerprint density at radius 2 is 2.18 bits per heavy atom. The molecule has 0 radical (unpaired) electrons. The summed E-state index contributed by atoms with van der Waals surface area (Å²) >= 11 is 3.56. The number of fused-ring (bicyclic) bond motifs is 1. The smallest absolute Gasteiger partial charge is 0.165 e. The summed E-state index contributed by atoms with van der Waals surface area (Å²) in [5, 5.41) is 0. The lowest BCUT2D eigenvalue weighted by atomic mass is 9.74. The van der Waals surface area contributed by atoms with Gasteiger partial charge in [0.05, 0.1) is 14.8 Å². The molecule has 0 atom stereocenters. The summed E-state index contributed by atoms with van der Waals surface area (Å²) in [5.74, 6) is 1.37. The number of allylic oxidation sites excluding steroid dienone is 1. The zero-order chi connectivity index (χ0) is 16.3. The SMILES string of the molecule is C=CC(=NC)c1sc(SCCCC)c2c1CC(C)(C)CC2=O. The summed E-state index contributed by atoms with van der Waals surface area (Å²) in [7, 11) is 1.79. The van der Waals surface area contributed by atoms with Gasteiger partial charge in [-0.2, -0.15) is 0 Å². The third kappa shape index (κ3) is 3.54. The van der Waals surface area contributed by atoms with Crippen molar-refractivity contribution >= 4 is 34.6 Å². The van der Waals surface area contributed by atoms with E-state index in [2.05, 4.69) is 32.3 Å². The van der Waals surface area contributed by atoms with Gasteiger partial charge in [0.25, 0.3) is 0 Å². The Morgan fingerprint density at radius 1 is 1.45 bits per heavy atom. The summed E-state index contributed by atoms with van der Waals surface area (Å²) in [5.41, 5.74) is 3.12. The summed E-state index contributed by atoms with van der Waals surface area (Å²) in [6.07, 6.45) is 5.76. The molecular formula is C18H25NOS2. The van der Waals surface area contributed by atoms with E-state index in [1.165, 1.54) is 22.6 Å². The minimum atomic E-state index is 0.0330. The first-order valence-corrected chi connectivity index (χ1v) is 9.65. The van der Waals surface area contributed by atoms with Gasteiger partial charge in [0, 0.05) is 19.0 Å². The lowest BCUT2D eigenvalue weighted by Crippen LogP contribution is -2.27. The Hall–Kier alpha value is -0.870. The van der Waals surface area contributed by atoms with E-state index in [0.29, 0.717) is 12.2 Å². The molecule has 0 aliphatic heterocycles. The van der Waals surface area contributed by atoms with Crippen molar-refractivity contribution in [1.29, 1.82) is 0 Å². The highest BCUT2D eigenvalue weighted by Crippen LogP contribution is 2.45. The van der Waals surface area contributed by atoms with E-state index < -0.39 is 0 Å². The Bertz CT molecular complexity index is 611. The molecule has 1 aromatic rings. The number of aliphatic imine (C=N–C) groups is 1. The predicted molar refractivity (Wildman–Crippen MR) is 99.0 cm³/mol. The molecule has 2 rings (SSSR count). The average Bonchev–Trinajstić information content (AvgIpc) is 2.78. The number of Topliss-reactive ketones (excluding diaryl/α,β-unsaturated/α-hetero) is 1. The Kier molecular flexibility index (Phi) is 5.67. The Morgan fingerprint density at radius 3 is 2.77 bits per heavy atom. The van der Waals surface area contributed by atoms with Crippen LogP contribution in [0.25, 0.3) is 0 Å². The Labute approximate surface area is 142 Å². The molecule has 1 aliphatic carbocycles. The van der Waals surface area contributed by atoms with Crippen molar-refractivity contribution < 1.29 is 4.79 Å². The van der Waals surface area contributed by atoms with Gasteiger partial charge in [-0.05, 0) is 35.6 Å². The van der Waals surface area contributed by atoms with Gasteiger partial charge in [-0.3, -0.25) is 9.79 Å². The first-order chi connectivity index (χ1) is 10.4. The van der Waals surface area contributed by atoms with E-state index in [1.54, 1.807) is 24.5 Å². The number of thioether (sulfide) groups is 1. The third-order valence-corrected chi connectivity index (χ3v) is 6.56. The van der Waals surface area contributed by atoms with Crippen molar-refractivity contribution in [1.82, 2.24) is 0 Å². The van der Waals surface area contributed by atoms with Gasteiger partial charge in [0.2, 0.25) is 0 Å². The van der Waals surface area contributed by atoms with Crippen LogP contribution < -0.4 is 0 Å². The molecule has 0 N–H and O–H groups in total. The molecule has 22 heavy (non-hydrogen) atoms. The maximum absolute atomic E-state index is 12.7. The number of carbonyl (C=O) groups excluding carboxylic acids is 1. The van der Waals surface area contributed by atoms with E-state index in [0.717, 1.165) is 28.3 Å². The van der Waals surface area contributed by atoms with Crippen molar-refractivity contribution in [3.63, 3.8) is 0 Å². The van der Waals surface area contributed by atoms with Crippen LogP contribution >= 0.6 is 23.1 Å². The van der Waals surface area contributed by atoms with Crippen LogP contribution in [0.15, 0.2) is 21.9 Å². The normalized spacial score (nSPS) is 17.5. The molecule has 2 nitrogen and oxygen atoms in total. The third-order valence-electron chi connectivity index (χ3n) is 3.95. The standard InChI is InChI=1S/C18H25NOS2/c1-6-8-9-21-17-15-12(10-18(3,4)11-14(15)20)16(22-17)13(7-2)19-5/h7H,2,6,8-11H2,1,3-5H3. The number of carbonyl (C=O) groups is 1. The van der Waals surface area contributed by atoms with Crippen LogP contribution in [-0.4, -0.2) is 24.3 Å². The number of thiophene rings is 1. The predicted octanol–water partition coefficient (Wildman–Crippen LogP) is 5.40. The molecule has 0 bridgehead atoms. The van der Waals surface area contributed by atoms with Gasteiger partial charge in [-0.1, -0.05) is 33.8 Å². The van der Waals surface area contributed by atoms with Crippen molar-refractivity contribution in [2.75, 3.05) is 12.8 Å². The number of hydrogen-bond acceptors (Lipinski definition) is 4. The molecule has 0 aromatic carbocycles. The zero-order valence-corrected chi connectivity index (χ0v) is 15.6. The zero-order valence-electron chi connectivity index (χ0n) is 14.0. The van der Waals surface area contributed by atoms with Crippen LogP contribution in [-0.2, 0) is 6.42 Å². The van der Waals surface area contributed by atoms with E-state index >= 15 is 0 Å². The fourth-order valence-electron chi connectivity index (χ4n) is 2.86. The molecule has 120 valence electrons. The van der Waals surface area contributed by atoms with E-state index in [4.69, 9.17) is 0 Å². The van der Waals surface area contributed by atoms with Gasteiger partial charge in [0.15, 0.2) is 5.78 Å². The second kappa shape index (κ2) is 7.14. The summed E-state index contributed by atoms with van der Waals surface area (Å²) < 4.78 is 1.18. The van der Waals surface area contributed by atoms with Crippen LogP contribution in [0.5, 0.6) is 0 Å². The van der Waals surface area contributed by atoms with Gasteiger partial charge < -0.3 is 0 Å². The first kappa shape index (κ1) is 17.5. The highest BCUT2D eigenvalue weighted by Gasteiger charge is 2.36. The van der Waals surface area contributed by atoms with E-state index in [-0.39, 0.29) is 5.41 Å². The lowest BCUT2D eigenvalue weighted by Gasteiger charge is -2.29. The average molecular weight is 336 g/mol. The monoisotopic (exact) mass is 335 g/mol. The lowest BCUT2D eigenvalue weighted by molar-refractivity contribution is 0.0910. The molecular weight excluding hydrogens is 310 g/mol. The molecule has 1 heterocycles. The topological polar surface area (TPSA) is 29.4 Å². The number of nitrogens with zero attached hydrogens (tertiary/aromatic N) is 1. The number of unbranched alkanes of at least 4 members (excludes halogenated alkanes) is 1. The number of hydrogen-bond donors (Lipinski definition) is 0. The van der Waals surface area contributed by atoms with Crippen molar-refractivity contribution in [2.24, 2.45) is 10.4 Å². The summed E-state index contributed by atoms with van der Waals surface area (Å²) in [6.45, 7) is 10.4. The molecule has 1 aliphatic rings. The summed E-state index contributed by atoms with van der Waals surface area (Å²) in [4.78, 5) is 18.2. The van der Waals surface area contributed by atoms with Crippen molar-refractivity contribution in [3.05, 3.63) is 28.7 Å². The van der Waals surface area contributed by atoms with Crippen molar-refractivity contribution in [3.8, 4) is 0 Å². The van der Waals surface area contributed by atoms with Crippen LogP contribution in [0, 0.1) is 5.41 Å². The van der Waals surface area contributed by atoms with Crippen LogP contribution in [0.1, 0.15) is 60.8 Å². The molecule has 4 heteroatoms. The minimum absolute atomic E-state index is 0.0330. The van der Waals surface area contributed by atoms with E-state index in [9.17, 15) is 4.79 Å². The highest BCUT2D eigenvalue weighted by molar-refractivity contribution is 8.01. The van der Waals surface area contributed by atoms with Crippen LogP contribution in [0.3, 0.4) is 0 Å². The number of rotatable bonds is 6. The van der Waals surface area contributed by atoms with Crippen LogP contribution in [0.4, 0.5) is 0 Å². The largest absolute Gasteiger partial charge is 0.294 e. The molecule has 0 unspecified atom stereocenters. The van der Waals surface area contributed by atoms with Gasteiger partial charge >= 0.3 is 0 Å². The van der Waals surface area contributed by atoms with Crippen molar-refractivity contribution in [2.45, 2.75) is 50.7 Å². The fourth-order valence-corrected chi connectivity index (χ4v) is 5.70. The van der Waals surface area contributed by atoms with Crippen LogP contribution in [0.2, 0.25) is 0 Å². The molecule has 0 saturated heterocycles. The number of ketones is 1. The van der Waals surface area contributed by atoms with Gasteiger partial charge in [-0.25, -0.2) is 0 Å². The second-order valence-corrected chi connectivity index (χ2v) is 8.91. The first-order valence-electron chi connectivity index (χ1n) is 7.84. The maximum atomic E-state index is 12.7. The fraction of sp³-hybridized carbons (Fsp3) is 0.556. The molecule has 1 aromatic heterocycles. The second-order valence-electron chi connectivity index (χ2n) is 6.53. The molecule has 0 spiro atoms. The van der Waals surface area contributed by atoms with Gasteiger partial charge in [-0.15, -0.1) is 23.1 Å². The maximum Gasteiger partial charge on any atom is 0.165 e. The molecule has 0 amide bonds. The summed E-state index contributed by atoms with van der Waals surface area (Å²) in [6, 6.07) is 0. The molecule has 0 fully saturated rings. The highest BCUT2D eigenvalue weighted by atomic mass is 32.2. The van der Waals surface area contributed by atoms with Gasteiger partial charge in [0.1, 0.15) is 0 Å². The Balaban J connectivity index is 2.50. The van der Waals surface area contributed by atoms with E-state index in [1.807, 2.05) is 11.8 Å². The minimum Gasteiger partial charge on any atom is -0.294 e.